The molecule has 0 unspecified atom stereocenters. The number of hydrogen-bond acceptors (Lipinski definition) is 6. The number of nitrogens with one attached hydrogen (secondary N) is 1. The van der Waals surface area contributed by atoms with Gasteiger partial charge in [0.15, 0.2) is 6.33 Å². The van der Waals surface area contributed by atoms with Gasteiger partial charge in [-0.1, -0.05) is 22.9 Å². The summed E-state index contributed by atoms with van der Waals surface area (Å²) in [6.45, 7) is 0. The monoisotopic (exact) mass is 250 g/mol. The molecule has 0 atom stereocenters. The van der Waals surface area contributed by atoms with E-state index < -0.39 is 0 Å². The fraction of sp³-hybridized carbons (Fsp3) is 0. The minimum absolute atomic E-state index is 0.669. The van der Waals surface area contributed by atoms with Crippen molar-refractivity contribution in [2.45, 2.75) is 0 Å². The molecule has 0 radical (unpaired) electrons. The number of nitrogens with zero attached hydrogens (tertiary/aromatic N) is 7. The molecule has 1 N–H and O–H groups in total. The Hall–Kier alpha value is -2.35. The zero-order valence-corrected chi connectivity index (χ0v) is 9.23. The van der Waals surface area contributed by atoms with Gasteiger partial charge in [-0.05, 0) is 28.6 Å². The Morgan fingerprint density at radius 3 is 2.71 bits per heavy atom. The molecule has 3 aromatic rings. The highest BCUT2D eigenvalue weighted by atomic mass is 35.5. The summed E-state index contributed by atoms with van der Waals surface area (Å²) in [4.78, 5) is 0. The van der Waals surface area contributed by atoms with Gasteiger partial charge in [0.2, 0.25) is 0 Å². The molecule has 9 heteroatoms. The maximum atomic E-state index is 5.78. The van der Waals surface area contributed by atoms with Crippen molar-refractivity contribution in [3.8, 4) is 5.69 Å². The Kier molecular flexibility index (Phi) is 3.71. The number of tetrazole rings is 2. The van der Waals surface area contributed by atoms with E-state index in [9.17, 15) is 0 Å². The third kappa shape index (κ3) is 3.31. The van der Waals surface area contributed by atoms with Crippen LogP contribution in [0, 0.1) is 0 Å². The van der Waals surface area contributed by atoms with Crippen LogP contribution < -0.4 is 0 Å². The van der Waals surface area contributed by atoms with Crippen LogP contribution in [-0.2, 0) is 0 Å². The average molecular weight is 251 g/mol. The number of halogens is 1. The van der Waals surface area contributed by atoms with Crippen molar-refractivity contribution in [2.75, 3.05) is 0 Å². The number of benzene rings is 1. The van der Waals surface area contributed by atoms with Gasteiger partial charge in [0.1, 0.15) is 6.33 Å². The van der Waals surface area contributed by atoms with E-state index in [2.05, 4.69) is 36.1 Å². The van der Waals surface area contributed by atoms with Crippen LogP contribution in [-0.4, -0.2) is 40.8 Å². The highest BCUT2D eigenvalue weighted by Gasteiger charge is 1.96. The van der Waals surface area contributed by atoms with Crippen molar-refractivity contribution in [1.82, 2.24) is 40.8 Å². The molecule has 8 nitrogen and oxygen atoms in total. The van der Waals surface area contributed by atoms with Gasteiger partial charge in [-0.3, -0.25) is 0 Å². The third-order valence-corrected chi connectivity index (χ3v) is 1.93. The Labute approximate surface area is 101 Å². The highest BCUT2D eigenvalue weighted by Crippen LogP contribution is 2.12. The van der Waals surface area contributed by atoms with Crippen molar-refractivity contribution in [3.63, 3.8) is 0 Å². The molecule has 86 valence electrons. The smallest absolute Gasteiger partial charge is 0.161 e. The predicted molar refractivity (Wildman–Crippen MR) is 58.3 cm³/mol. The molecular formula is C8H7ClN8. The lowest BCUT2D eigenvalue weighted by atomic mass is 10.3. The molecule has 3 rings (SSSR count). The lowest BCUT2D eigenvalue weighted by molar-refractivity contribution is 0.789. The molecule has 0 spiro atoms. The van der Waals surface area contributed by atoms with E-state index in [0.717, 1.165) is 5.69 Å². The van der Waals surface area contributed by atoms with E-state index in [1.165, 1.54) is 12.7 Å². The summed E-state index contributed by atoms with van der Waals surface area (Å²) in [6.07, 6.45) is 2.85. The summed E-state index contributed by atoms with van der Waals surface area (Å²) in [5.74, 6) is 0. The van der Waals surface area contributed by atoms with Crippen LogP contribution in [0.2, 0.25) is 5.02 Å². The van der Waals surface area contributed by atoms with Crippen LogP contribution in [0.25, 0.3) is 5.69 Å². The Bertz CT molecular complexity index is 517. The number of aromatic amines is 1. The summed E-state index contributed by atoms with van der Waals surface area (Å²) in [7, 11) is 0. The number of aromatic nitrogens is 8. The maximum Gasteiger partial charge on any atom is 0.161 e. The SMILES string of the molecule is Clc1cccc(-n2cnnn2)c1.c1nn[nH]n1. The standard InChI is InChI=1S/C7H5ClN4.CH2N4/c8-6-2-1-3-7(4-6)12-5-9-10-11-12;1-2-4-5-3-1/h1-5H;1H,(H,2,3,4,5). The van der Waals surface area contributed by atoms with Crippen LogP contribution in [0.3, 0.4) is 0 Å². The van der Waals surface area contributed by atoms with E-state index in [1.807, 2.05) is 12.1 Å². The molecule has 0 saturated heterocycles. The van der Waals surface area contributed by atoms with E-state index >= 15 is 0 Å². The molecule has 0 bridgehead atoms. The summed E-state index contributed by atoms with van der Waals surface area (Å²) >= 11 is 5.78. The molecule has 0 saturated carbocycles. The minimum Gasteiger partial charge on any atom is -0.201 e. The summed E-state index contributed by atoms with van der Waals surface area (Å²) < 4.78 is 1.55. The fourth-order valence-electron chi connectivity index (χ4n) is 1.03. The maximum absolute atomic E-state index is 5.78. The van der Waals surface area contributed by atoms with Crippen LogP contribution in [0.5, 0.6) is 0 Å². The highest BCUT2D eigenvalue weighted by molar-refractivity contribution is 6.30. The minimum atomic E-state index is 0.669. The van der Waals surface area contributed by atoms with E-state index in [-0.39, 0.29) is 0 Å². The molecule has 0 aliphatic heterocycles. The molecule has 1 aromatic carbocycles. The molecule has 2 heterocycles. The largest absolute Gasteiger partial charge is 0.201 e. The van der Waals surface area contributed by atoms with E-state index in [0.29, 0.717) is 5.02 Å². The van der Waals surface area contributed by atoms with Gasteiger partial charge in [-0.2, -0.15) is 5.21 Å². The Morgan fingerprint density at radius 2 is 2.18 bits per heavy atom. The molecular weight excluding hydrogens is 244 g/mol. The first-order valence-corrected chi connectivity index (χ1v) is 4.89. The second kappa shape index (κ2) is 5.66. The number of hydrogen-bond donors (Lipinski definition) is 1. The molecule has 0 aliphatic rings. The average Bonchev–Trinajstić information content (AvgIpc) is 3.06. The normalized spacial score (nSPS) is 9.47. The quantitative estimate of drug-likeness (QED) is 0.676. The van der Waals surface area contributed by atoms with Gasteiger partial charge in [0, 0.05) is 5.02 Å². The first-order chi connectivity index (χ1) is 8.36. The summed E-state index contributed by atoms with van der Waals surface area (Å²) in [5.41, 5.74) is 0.854. The van der Waals surface area contributed by atoms with Gasteiger partial charge in [-0.25, -0.2) is 4.68 Å². The van der Waals surface area contributed by atoms with Crippen LogP contribution >= 0.6 is 11.6 Å². The van der Waals surface area contributed by atoms with Crippen molar-refractivity contribution in [2.24, 2.45) is 0 Å². The van der Waals surface area contributed by atoms with Gasteiger partial charge < -0.3 is 0 Å². The molecule has 0 fully saturated rings. The fourth-order valence-corrected chi connectivity index (χ4v) is 1.21. The summed E-state index contributed by atoms with van der Waals surface area (Å²) in [5, 5.41) is 23.6. The van der Waals surface area contributed by atoms with E-state index in [1.54, 1.807) is 16.8 Å². The van der Waals surface area contributed by atoms with Gasteiger partial charge in [0.05, 0.1) is 5.69 Å². The predicted octanol–water partition coefficient (Wildman–Crippen LogP) is 0.515. The van der Waals surface area contributed by atoms with Gasteiger partial charge in [0.25, 0.3) is 0 Å². The number of H-pyrrole nitrogens is 1. The second-order valence-corrected chi connectivity index (χ2v) is 3.23. The molecule has 17 heavy (non-hydrogen) atoms. The summed E-state index contributed by atoms with van der Waals surface area (Å²) in [6, 6.07) is 7.31. The Balaban J connectivity index is 0.000000181. The van der Waals surface area contributed by atoms with Crippen molar-refractivity contribution in [3.05, 3.63) is 41.9 Å². The topological polar surface area (TPSA) is 98.1 Å². The van der Waals surface area contributed by atoms with Crippen molar-refractivity contribution in [1.29, 1.82) is 0 Å². The van der Waals surface area contributed by atoms with Crippen LogP contribution in [0.15, 0.2) is 36.9 Å². The van der Waals surface area contributed by atoms with Crippen LogP contribution in [0.4, 0.5) is 0 Å². The first kappa shape index (κ1) is 11.1. The van der Waals surface area contributed by atoms with Gasteiger partial charge in [-0.15, -0.1) is 15.3 Å². The lowest BCUT2D eigenvalue weighted by Gasteiger charge is -1.97. The van der Waals surface area contributed by atoms with Crippen molar-refractivity contribution < 1.29 is 0 Å². The van der Waals surface area contributed by atoms with Crippen LogP contribution in [0.1, 0.15) is 0 Å². The second-order valence-electron chi connectivity index (χ2n) is 2.79. The lowest BCUT2D eigenvalue weighted by Crippen LogP contribution is -1.93. The zero-order chi connectivity index (χ0) is 11.9. The zero-order valence-electron chi connectivity index (χ0n) is 8.47. The third-order valence-electron chi connectivity index (χ3n) is 1.69. The Morgan fingerprint density at radius 1 is 1.24 bits per heavy atom. The first-order valence-electron chi connectivity index (χ1n) is 4.51. The van der Waals surface area contributed by atoms with Gasteiger partial charge >= 0.3 is 0 Å². The molecule has 2 aromatic heterocycles. The number of rotatable bonds is 1. The molecule has 0 aliphatic carbocycles. The molecule has 0 amide bonds. The van der Waals surface area contributed by atoms with Crippen molar-refractivity contribution >= 4 is 11.6 Å². The van der Waals surface area contributed by atoms with E-state index in [4.69, 9.17) is 11.6 Å².